The Bertz CT molecular complexity index is 268. The van der Waals surface area contributed by atoms with Gasteiger partial charge in [0.25, 0.3) is 0 Å². The van der Waals surface area contributed by atoms with Crippen LogP contribution in [-0.4, -0.2) is 20.9 Å². The number of hydrogen-bond donors (Lipinski definition) is 1. The fourth-order valence-electron chi connectivity index (χ4n) is 1.00. The molecule has 0 aliphatic carbocycles. The van der Waals surface area contributed by atoms with E-state index in [-0.39, 0.29) is 5.69 Å². The number of carboxylic acids is 1. The van der Waals surface area contributed by atoms with Gasteiger partial charge in [0.1, 0.15) is 5.69 Å². The minimum atomic E-state index is -0.913. The molecule has 0 aliphatic rings. The average molecular weight is 168 g/mol. The van der Waals surface area contributed by atoms with Crippen molar-refractivity contribution in [2.24, 2.45) is 0 Å². The number of carbonyl (C=O) groups is 1. The standard InChI is InChI=1S/C8H12N2O2/c1-2-3-6-10-7(8(11)12)4-5-9-10/h4-5H,2-3,6H2,1H3,(H,11,12). The highest BCUT2D eigenvalue weighted by molar-refractivity contribution is 5.85. The van der Waals surface area contributed by atoms with Gasteiger partial charge in [0.15, 0.2) is 0 Å². The molecule has 12 heavy (non-hydrogen) atoms. The van der Waals surface area contributed by atoms with E-state index in [1.54, 1.807) is 0 Å². The summed E-state index contributed by atoms with van der Waals surface area (Å²) in [6.45, 7) is 2.75. The van der Waals surface area contributed by atoms with Gasteiger partial charge in [-0.05, 0) is 12.5 Å². The molecule has 4 nitrogen and oxygen atoms in total. The number of rotatable bonds is 4. The normalized spacial score (nSPS) is 10.1. The van der Waals surface area contributed by atoms with Crippen LogP contribution in [0.25, 0.3) is 0 Å². The van der Waals surface area contributed by atoms with E-state index in [1.807, 2.05) is 0 Å². The Balaban J connectivity index is 2.70. The molecule has 1 rings (SSSR count). The number of hydrogen-bond acceptors (Lipinski definition) is 2. The number of aromatic carboxylic acids is 1. The van der Waals surface area contributed by atoms with Crippen LogP contribution < -0.4 is 0 Å². The van der Waals surface area contributed by atoms with Gasteiger partial charge in [-0.2, -0.15) is 5.10 Å². The van der Waals surface area contributed by atoms with Gasteiger partial charge in [-0.1, -0.05) is 13.3 Å². The maximum atomic E-state index is 10.6. The van der Waals surface area contributed by atoms with Crippen molar-refractivity contribution in [1.82, 2.24) is 9.78 Å². The molecule has 66 valence electrons. The first-order valence-corrected chi connectivity index (χ1v) is 4.00. The van der Waals surface area contributed by atoms with Crippen LogP contribution in [0, 0.1) is 0 Å². The molecule has 0 aromatic carbocycles. The monoisotopic (exact) mass is 168 g/mol. The van der Waals surface area contributed by atoms with Crippen molar-refractivity contribution in [1.29, 1.82) is 0 Å². The van der Waals surface area contributed by atoms with Gasteiger partial charge in [-0.25, -0.2) is 4.79 Å². The molecule has 1 aromatic heterocycles. The quantitative estimate of drug-likeness (QED) is 0.738. The second kappa shape index (κ2) is 3.90. The molecule has 0 bridgehead atoms. The molecule has 0 saturated carbocycles. The van der Waals surface area contributed by atoms with E-state index < -0.39 is 5.97 Å². The molecule has 0 radical (unpaired) electrons. The van der Waals surface area contributed by atoms with E-state index >= 15 is 0 Å². The Hall–Kier alpha value is -1.32. The third-order valence-electron chi connectivity index (χ3n) is 1.66. The number of aromatic nitrogens is 2. The number of unbranched alkanes of at least 4 members (excludes halogenated alkanes) is 1. The molecule has 0 saturated heterocycles. The van der Waals surface area contributed by atoms with Crippen LogP contribution in [-0.2, 0) is 6.54 Å². The van der Waals surface area contributed by atoms with Gasteiger partial charge in [0, 0.05) is 12.7 Å². The third kappa shape index (κ3) is 1.84. The lowest BCUT2D eigenvalue weighted by Gasteiger charge is -2.01. The van der Waals surface area contributed by atoms with Crippen molar-refractivity contribution in [3.63, 3.8) is 0 Å². The van der Waals surface area contributed by atoms with Crippen LogP contribution in [0.3, 0.4) is 0 Å². The molecule has 0 amide bonds. The first-order valence-electron chi connectivity index (χ1n) is 4.00. The van der Waals surface area contributed by atoms with E-state index in [0.29, 0.717) is 6.54 Å². The number of nitrogens with zero attached hydrogens (tertiary/aromatic N) is 2. The molecule has 0 unspecified atom stereocenters. The van der Waals surface area contributed by atoms with Crippen molar-refractivity contribution >= 4 is 5.97 Å². The SMILES string of the molecule is CCCCn1nccc1C(=O)O. The maximum absolute atomic E-state index is 10.6. The minimum absolute atomic E-state index is 0.267. The molecule has 1 heterocycles. The van der Waals surface area contributed by atoms with Crippen molar-refractivity contribution in [2.75, 3.05) is 0 Å². The number of carboxylic acid groups (broad SMARTS) is 1. The molecule has 0 fully saturated rings. The summed E-state index contributed by atoms with van der Waals surface area (Å²) >= 11 is 0. The van der Waals surface area contributed by atoms with Crippen LogP contribution in [0.2, 0.25) is 0 Å². The predicted octanol–water partition coefficient (Wildman–Crippen LogP) is 1.38. The number of aryl methyl sites for hydroxylation is 1. The van der Waals surface area contributed by atoms with Crippen molar-refractivity contribution < 1.29 is 9.90 Å². The van der Waals surface area contributed by atoms with Gasteiger partial charge >= 0.3 is 5.97 Å². The summed E-state index contributed by atoms with van der Waals surface area (Å²) in [5.41, 5.74) is 0.267. The molecule has 4 heteroatoms. The third-order valence-corrected chi connectivity index (χ3v) is 1.66. The smallest absolute Gasteiger partial charge is 0.354 e. The van der Waals surface area contributed by atoms with Crippen molar-refractivity contribution in [3.05, 3.63) is 18.0 Å². The van der Waals surface area contributed by atoms with Gasteiger partial charge in [-0.15, -0.1) is 0 Å². The zero-order chi connectivity index (χ0) is 8.97. The summed E-state index contributed by atoms with van der Waals surface area (Å²) in [6.07, 6.45) is 3.51. The van der Waals surface area contributed by atoms with Gasteiger partial charge in [0.05, 0.1) is 0 Å². The molecule has 0 aliphatic heterocycles. The first-order chi connectivity index (χ1) is 5.75. The maximum Gasteiger partial charge on any atom is 0.354 e. The highest BCUT2D eigenvalue weighted by Crippen LogP contribution is 2.01. The summed E-state index contributed by atoms with van der Waals surface area (Å²) in [5.74, 6) is -0.913. The lowest BCUT2D eigenvalue weighted by atomic mass is 10.3. The van der Waals surface area contributed by atoms with Crippen molar-refractivity contribution in [3.8, 4) is 0 Å². The Kier molecular flexibility index (Phi) is 2.85. The zero-order valence-corrected chi connectivity index (χ0v) is 7.03. The van der Waals surface area contributed by atoms with Crippen molar-refractivity contribution in [2.45, 2.75) is 26.3 Å². The fourth-order valence-corrected chi connectivity index (χ4v) is 1.00. The lowest BCUT2D eigenvalue weighted by molar-refractivity contribution is 0.0683. The second-order valence-electron chi connectivity index (χ2n) is 2.60. The molecule has 0 spiro atoms. The molecule has 1 N–H and O–H groups in total. The summed E-state index contributed by atoms with van der Waals surface area (Å²) < 4.78 is 1.52. The highest BCUT2D eigenvalue weighted by Gasteiger charge is 2.08. The summed E-state index contributed by atoms with van der Waals surface area (Å²) in [7, 11) is 0. The lowest BCUT2D eigenvalue weighted by Crippen LogP contribution is -2.09. The van der Waals surface area contributed by atoms with Crippen LogP contribution in [0.1, 0.15) is 30.3 Å². The molecule has 0 atom stereocenters. The van der Waals surface area contributed by atoms with E-state index in [1.165, 1.54) is 16.9 Å². The molecule has 1 aromatic rings. The summed E-state index contributed by atoms with van der Waals surface area (Å²) in [6, 6.07) is 1.51. The minimum Gasteiger partial charge on any atom is -0.477 e. The summed E-state index contributed by atoms with van der Waals surface area (Å²) in [4.78, 5) is 10.6. The Morgan fingerprint density at radius 1 is 1.75 bits per heavy atom. The van der Waals surface area contributed by atoms with Crippen LogP contribution in [0.15, 0.2) is 12.3 Å². The van der Waals surface area contributed by atoms with E-state index in [9.17, 15) is 4.79 Å². The van der Waals surface area contributed by atoms with Crippen LogP contribution in [0.5, 0.6) is 0 Å². The highest BCUT2D eigenvalue weighted by atomic mass is 16.4. The second-order valence-corrected chi connectivity index (χ2v) is 2.60. The van der Waals surface area contributed by atoms with Gasteiger partial charge in [0.2, 0.25) is 0 Å². The van der Waals surface area contributed by atoms with E-state index in [2.05, 4.69) is 12.0 Å². The largest absolute Gasteiger partial charge is 0.477 e. The first kappa shape index (κ1) is 8.77. The van der Waals surface area contributed by atoms with E-state index in [0.717, 1.165) is 12.8 Å². The predicted molar refractivity (Wildman–Crippen MR) is 44.1 cm³/mol. The van der Waals surface area contributed by atoms with Crippen LogP contribution in [0.4, 0.5) is 0 Å². The zero-order valence-electron chi connectivity index (χ0n) is 7.03. The average Bonchev–Trinajstić information content (AvgIpc) is 2.48. The Labute approximate surface area is 70.8 Å². The molecular weight excluding hydrogens is 156 g/mol. The van der Waals surface area contributed by atoms with Gasteiger partial charge < -0.3 is 5.11 Å². The summed E-state index contributed by atoms with van der Waals surface area (Å²) in [5, 5.41) is 12.6. The Morgan fingerprint density at radius 3 is 3.08 bits per heavy atom. The molecular formula is C8H12N2O2. The topological polar surface area (TPSA) is 55.1 Å². The van der Waals surface area contributed by atoms with Crippen LogP contribution >= 0.6 is 0 Å². The Morgan fingerprint density at radius 2 is 2.50 bits per heavy atom. The van der Waals surface area contributed by atoms with Gasteiger partial charge in [-0.3, -0.25) is 4.68 Å². The van der Waals surface area contributed by atoms with E-state index in [4.69, 9.17) is 5.11 Å². The fraction of sp³-hybridized carbons (Fsp3) is 0.500.